The van der Waals surface area contributed by atoms with Crippen LogP contribution < -0.4 is 4.90 Å². The largest absolute Gasteiger partial charge is 0.508 e. The van der Waals surface area contributed by atoms with E-state index in [0.29, 0.717) is 37.6 Å². The van der Waals surface area contributed by atoms with Crippen LogP contribution in [0.2, 0.25) is 0 Å². The third-order valence-corrected chi connectivity index (χ3v) is 6.04. The summed E-state index contributed by atoms with van der Waals surface area (Å²) in [6.45, 7) is 5.22. The first-order valence-electron chi connectivity index (χ1n) is 10.4. The van der Waals surface area contributed by atoms with Crippen molar-refractivity contribution < 1.29 is 14.3 Å². The number of likely N-dealkylation sites (tertiary alicyclic amines) is 1. The third-order valence-electron chi connectivity index (χ3n) is 6.04. The highest BCUT2D eigenvalue weighted by atomic mass is 19.1. The van der Waals surface area contributed by atoms with Gasteiger partial charge in [-0.1, -0.05) is 24.3 Å². The summed E-state index contributed by atoms with van der Waals surface area (Å²) in [5.74, 6) is 0.416. The Morgan fingerprint density at radius 2 is 1.69 bits per heavy atom. The van der Waals surface area contributed by atoms with E-state index in [4.69, 9.17) is 0 Å². The zero-order valence-corrected chi connectivity index (χ0v) is 16.6. The van der Waals surface area contributed by atoms with Gasteiger partial charge in [0, 0.05) is 38.6 Å². The van der Waals surface area contributed by atoms with Crippen LogP contribution in [0.4, 0.5) is 10.1 Å². The summed E-state index contributed by atoms with van der Waals surface area (Å²) in [5.41, 5.74) is 1.72. The molecule has 1 N–H and O–H groups in total. The molecule has 0 aromatic heterocycles. The van der Waals surface area contributed by atoms with E-state index >= 15 is 0 Å². The van der Waals surface area contributed by atoms with E-state index in [0.717, 1.165) is 38.0 Å². The maximum Gasteiger partial charge on any atom is 0.225 e. The molecule has 2 aliphatic heterocycles. The SMILES string of the molecule is O=C(C1CCN(Cc2cccc(O)c2)CC1)N1CCN(c2ccccc2F)CC1. The van der Waals surface area contributed by atoms with Crippen molar-refractivity contribution in [1.82, 2.24) is 9.80 Å². The second-order valence-corrected chi connectivity index (χ2v) is 7.98. The molecule has 4 rings (SSSR count). The van der Waals surface area contributed by atoms with Crippen molar-refractivity contribution in [2.45, 2.75) is 19.4 Å². The zero-order chi connectivity index (χ0) is 20.2. The lowest BCUT2D eigenvalue weighted by molar-refractivity contribution is -0.137. The van der Waals surface area contributed by atoms with Gasteiger partial charge in [-0.2, -0.15) is 0 Å². The number of aromatic hydroxyl groups is 1. The molecular weight excluding hydrogens is 369 g/mol. The Bertz CT molecular complexity index is 844. The van der Waals surface area contributed by atoms with E-state index in [-0.39, 0.29) is 17.6 Å². The molecule has 0 bridgehead atoms. The van der Waals surface area contributed by atoms with Gasteiger partial charge in [0.1, 0.15) is 11.6 Å². The molecule has 2 saturated heterocycles. The summed E-state index contributed by atoms with van der Waals surface area (Å²) in [6.07, 6.45) is 1.73. The topological polar surface area (TPSA) is 47.0 Å². The van der Waals surface area contributed by atoms with Gasteiger partial charge in [0.15, 0.2) is 0 Å². The summed E-state index contributed by atoms with van der Waals surface area (Å²) in [4.78, 5) is 19.3. The van der Waals surface area contributed by atoms with Gasteiger partial charge in [0.05, 0.1) is 5.69 Å². The fraction of sp³-hybridized carbons (Fsp3) is 0.435. The van der Waals surface area contributed by atoms with Gasteiger partial charge in [-0.05, 0) is 55.8 Å². The highest BCUT2D eigenvalue weighted by Crippen LogP contribution is 2.24. The molecule has 2 fully saturated rings. The van der Waals surface area contributed by atoms with Crippen LogP contribution in [0.25, 0.3) is 0 Å². The predicted molar refractivity (Wildman–Crippen MR) is 111 cm³/mol. The first kappa shape index (κ1) is 19.7. The van der Waals surface area contributed by atoms with E-state index in [2.05, 4.69) is 4.90 Å². The number of benzene rings is 2. The highest BCUT2D eigenvalue weighted by molar-refractivity contribution is 5.79. The second-order valence-electron chi connectivity index (χ2n) is 7.98. The molecule has 29 heavy (non-hydrogen) atoms. The van der Waals surface area contributed by atoms with Gasteiger partial charge < -0.3 is 14.9 Å². The van der Waals surface area contributed by atoms with Crippen LogP contribution in [0.15, 0.2) is 48.5 Å². The molecule has 1 amide bonds. The zero-order valence-electron chi connectivity index (χ0n) is 16.6. The molecule has 154 valence electrons. The highest BCUT2D eigenvalue weighted by Gasteiger charge is 2.30. The van der Waals surface area contributed by atoms with Crippen LogP contribution in [-0.4, -0.2) is 60.1 Å². The van der Waals surface area contributed by atoms with Crippen molar-refractivity contribution in [3.63, 3.8) is 0 Å². The average molecular weight is 397 g/mol. The molecule has 0 saturated carbocycles. The Morgan fingerprint density at radius 3 is 2.38 bits per heavy atom. The number of rotatable bonds is 4. The van der Waals surface area contributed by atoms with Crippen LogP contribution >= 0.6 is 0 Å². The number of nitrogens with zero attached hydrogens (tertiary/aromatic N) is 3. The number of piperidine rings is 1. The van der Waals surface area contributed by atoms with Crippen LogP contribution in [0, 0.1) is 11.7 Å². The Morgan fingerprint density at radius 1 is 0.966 bits per heavy atom. The summed E-state index contributed by atoms with van der Waals surface area (Å²) >= 11 is 0. The Kier molecular flexibility index (Phi) is 6.00. The average Bonchev–Trinajstić information content (AvgIpc) is 2.74. The van der Waals surface area contributed by atoms with E-state index in [9.17, 15) is 14.3 Å². The number of hydrogen-bond acceptors (Lipinski definition) is 4. The summed E-state index contributed by atoms with van der Waals surface area (Å²) in [5, 5.41) is 9.62. The fourth-order valence-corrected chi connectivity index (χ4v) is 4.39. The number of carbonyl (C=O) groups excluding carboxylic acids is 1. The summed E-state index contributed by atoms with van der Waals surface area (Å²) in [7, 11) is 0. The van der Waals surface area contributed by atoms with Gasteiger partial charge in [-0.15, -0.1) is 0 Å². The van der Waals surface area contributed by atoms with Gasteiger partial charge in [-0.25, -0.2) is 4.39 Å². The summed E-state index contributed by atoms with van der Waals surface area (Å²) < 4.78 is 14.0. The van der Waals surface area contributed by atoms with E-state index < -0.39 is 0 Å². The first-order valence-corrected chi connectivity index (χ1v) is 10.4. The third kappa shape index (κ3) is 4.70. The van der Waals surface area contributed by atoms with Crippen molar-refractivity contribution in [2.24, 2.45) is 5.92 Å². The minimum Gasteiger partial charge on any atom is -0.508 e. The van der Waals surface area contributed by atoms with E-state index in [1.807, 2.05) is 28.0 Å². The molecule has 0 unspecified atom stereocenters. The maximum absolute atomic E-state index is 14.0. The van der Waals surface area contributed by atoms with Crippen molar-refractivity contribution in [2.75, 3.05) is 44.2 Å². The monoisotopic (exact) mass is 397 g/mol. The van der Waals surface area contributed by atoms with Crippen LogP contribution in [0.3, 0.4) is 0 Å². The molecule has 2 aliphatic rings. The van der Waals surface area contributed by atoms with Crippen molar-refractivity contribution >= 4 is 11.6 Å². The Balaban J connectivity index is 1.25. The lowest BCUT2D eigenvalue weighted by Crippen LogP contribution is -2.51. The Labute approximate surface area is 171 Å². The molecule has 0 aliphatic carbocycles. The fourth-order valence-electron chi connectivity index (χ4n) is 4.39. The number of halogens is 1. The van der Waals surface area contributed by atoms with E-state index in [1.54, 1.807) is 24.3 Å². The minimum absolute atomic E-state index is 0.0791. The quantitative estimate of drug-likeness (QED) is 0.861. The number of para-hydroxylation sites is 1. The Hall–Kier alpha value is -2.60. The number of hydrogen-bond donors (Lipinski definition) is 1. The molecule has 0 spiro atoms. The second kappa shape index (κ2) is 8.82. The molecular formula is C23H28FN3O2. The smallest absolute Gasteiger partial charge is 0.225 e. The number of phenols is 1. The molecule has 5 nitrogen and oxygen atoms in total. The number of carbonyl (C=O) groups is 1. The minimum atomic E-state index is -0.202. The lowest BCUT2D eigenvalue weighted by Gasteiger charge is -2.39. The molecule has 0 atom stereocenters. The van der Waals surface area contributed by atoms with Crippen LogP contribution in [-0.2, 0) is 11.3 Å². The number of anilines is 1. The standard InChI is InChI=1S/C23H28FN3O2/c24-21-6-1-2-7-22(21)26-12-14-27(15-13-26)23(29)19-8-10-25(11-9-19)17-18-4-3-5-20(28)16-18/h1-7,16,19,28H,8-15,17H2. The van der Waals surface area contributed by atoms with Gasteiger partial charge in [0.25, 0.3) is 0 Å². The lowest BCUT2D eigenvalue weighted by atomic mass is 9.94. The normalized spacial score (nSPS) is 18.8. The van der Waals surface area contributed by atoms with Gasteiger partial charge in [0.2, 0.25) is 5.91 Å². The number of piperazine rings is 1. The van der Waals surface area contributed by atoms with Crippen molar-refractivity contribution in [3.8, 4) is 5.75 Å². The van der Waals surface area contributed by atoms with Crippen molar-refractivity contribution in [3.05, 3.63) is 59.9 Å². The molecule has 2 aromatic carbocycles. The summed E-state index contributed by atoms with van der Waals surface area (Å²) in [6, 6.07) is 14.2. The van der Waals surface area contributed by atoms with Crippen molar-refractivity contribution in [1.29, 1.82) is 0 Å². The molecule has 0 radical (unpaired) electrons. The maximum atomic E-state index is 14.0. The van der Waals surface area contributed by atoms with Gasteiger partial charge >= 0.3 is 0 Å². The molecule has 6 heteroatoms. The molecule has 2 aromatic rings. The van der Waals surface area contributed by atoms with Crippen LogP contribution in [0.5, 0.6) is 5.75 Å². The number of phenolic OH excluding ortho intramolecular Hbond substituents is 1. The van der Waals surface area contributed by atoms with Crippen LogP contribution in [0.1, 0.15) is 18.4 Å². The van der Waals surface area contributed by atoms with E-state index in [1.165, 1.54) is 6.07 Å². The molecule has 2 heterocycles. The number of amides is 1. The predicted octanol–water partition coefficient (Wildman–Crippen LogP) is 3.09. The first-order chi connectivity index (χ1) is 14.1. The van der Waals surface area contributed by atoms with Gasteiger partial charge in [-0.3, -0.25) is 9.69 Å².